The fraction of sp³-hybridized carbons (Fsp3) is 0.571. The lowest BCUT2D eigenvalue weighted by Gasteiger charge is -2.09. The lowest BCUT2D eigenvalue weighted by Crippen LogP contribution is -2.05. The highest BCUT2D eigenvalue weighted by Gasteiger charge is 2.21. The van der Waals surface area contributed by atoms with Crippen molar-refractivity contribution in [1.82, 2.24) is 0 Å². The highest BCUT2D eigenvalue weighted by atomic mass is 16.5. The predicted octanol–water partition coefficient (Wildman–Crippen LogP) is 3.52. The van der Waals surface area contributed by atoms with Crippen LogP contribution in [0.4, 0.5) is 0 Å². The Labute approximate surface area is 98.8 Å². The molecular formula is C14H23NO. The molecule has 0 saturated heterocycles. The summed E-state index contributed by atoms with van der Waals surface area (Å²) in [6.07, 6.45) is 2.65. The molecule has 90 valence electrons. The van der Waals surface area contributed by atoms with Gasteiger partial charge in [0.1, 0.15) is 5.75 Å². The van der Waals surface area contributed by atoms with E-state index in [1.54, 1.807) is 0 Å². The van der Waals surface area contributed by atoms with Crippen molar-refractivity contribution in [2.75, 3.05) is 6.61 Å². The van der Waals surface area contributed by atoms with Gasteiger partial charge in [-0.05, 0) is 43.4 Å². The fourth-order valence-electron chi connectivity index (χ4n) is 1.39. The number of rotatable bonds is 4. The van der Waals surface area contributed by atoms with Crippen LogP contribution in [0.15, 0.2) is 24.3 Å². The van der Waals surface area contributed by atoms with Crippen LogP contribution in [0.2, 0.25) is 0 Å². The van der Waals surface area contributed by atoms with Crippen LogP contribution >= 0.6 is 0 Å². The van der Waals surface area contributed by atoms with Crippen LogP contribution < -0.4 is 10.5 Å². The Hall–Kier alpha value is -1.02. The Bertz CT molecular complexity index is 305. The Kier molecular flexibility index (Phi) is 5.33. The summed E-state index contributed by atoms with van der Waals surface area (Å²) in [5.41, 5.74) is 6.93. The van der Waals surface area contributed by atoms with Crippen molar-refractivity contribution in [3.8, 4) is 5.75 Å². The maximum Gasteiger partial charge on any atom is 0.119 e. The van der Waals surface area contributed by atoms with E-state index >= 15 is 0 Å². The van der Waals surface area contributed by atoms with Crippen LogP contribution in [-0.2, 0) is 0 Å². The maximum absolute atomic E-state index is 5.80. The van der Waals surface area contributed by atoms with Crippen molar-refractivity contribution in [1.29, 1.82) is 0 Å². The Morgan fingerprint density at radius 2 is 2.06 bits per heavy atom. The van der Waals surface area contributed by atoms with Gasteiger partial charge in [-0.3, -0.25) is 0 Å². The normalized spacial score (nSPS) is 16.0. The zero-order chi connectivity index (χ0) is 12.0. The third kappa shape index (κ3) is 4.23. The molecule has 1 aromatic carbocycles. The van der Waals surface area contributed by atoms with Crippen LogP contribution in [0, 0.1) is 5.92 Å². The molecule has 0 aromatic heterocycles. The van der Waals surface area contributed by atoms with Gasteiger partial charge in [-0.15, -0.1) is 0 Å². The first-order valence-corrected chi connectivity index (χ1v) is 6.24. The molecule has 1 fully saturated rings. The third-order valence-corrected chi connectivity index (χ3v) is 2.57. The highest BCUT2D eigenvalue weighted by molar-refractivity contribution is 5.30. The summed E-state index contributed by atoms with van der Waals surface area (Å²) in [4.78, 5) is 0. The van der Waals surface area contributed by atoms with Crippen LogP contribution in [0.1, 0.15) is 45.2 Å². The number of nitrogens with two attached hydrogens (primary N) is 1. The second kappa shape index (κ2) is 6.54. The lowest BCUT2D eigenvalue weighted by atomic mass is 10.1. The quantitative estimate of drug-likeness (QED) is 0.844. The lowest BCUT2D eigenvalue weighted by molar-refractivity contribution is 0.299. The molecule has 1 aliphatic rings. The van der Waals surface area contributed by atoms with Crippen molar-refractivity contribution < 1.29 is 4.74 Å². The minimum absolute atomic E-state index is 0.0828. The van der Waals surface area contributed by atoms with Crippen molar-refractivity contribution in [3.63, 3.8) is 0 Å². The van der Waals surface area contributed by atoms with Crippen LogP contribution in [0.3, 0.4) is 0 Å². The molecule has 0 spiro atoms. The number of benzene rings is 1. The Morgan fingerprint density at radius 3 is 2.62 bits per heavy atom. The highest BCUT2D eigenvalue weighted by Crippen LogP contribution is 2.29. The molecule has 0 radical (unpaired) electrons. The van der Waals surface area contributed by atoms with E-state index in [0.29, 0.717) is 0 Å². The van der Waals surface area contributed by atoms with Gasteiger partial charge in [0.25, 0.3) is 0 Å². The molecule has 0 aliphatic heterocycles. The summed E-state index contributed by atoms with van der Waals surface area (Å²) in [5.74, 6) is 1.75. The standard InChI is InChI=1S/C12H17NO.C2H6/c1-9(13)11-3-2-4-12(7-11)14-8-10-5-6-10;1-2/h2-4,7,9-10H,5-6,8,13H2,1H3;1-2H3. The van der Waals surface area contributed by atoms with Crippen molar-refractivity contribution in [2.45, 2.75) is 39.7 Å². The van der Waals surface area contributed by atoms with Gasteiger partial charge >= 0.3 is 0 Å². The summed E-state index contributed by atoms with van der Waals surface area (Å²) in [7, 11) is 0. The smallest absolute Gasteiger partial charge is 0.119 e. The Morgan fingerprint density at radius 1 is 1.38 bits per heavy atom. The molecule has 2 heteroatoms. The van der Waals surface area contributed by atoms with Crippen LogP contribution in [0.5, 0.6) is 5.75 Å². The molecule has 2 nitrogen and oxygen atoms in total. The predicted molar refractivity (Wildman–Crippen MR) is 68.6 cm³/mol. The minimum Gasteiger partial charge on any atom is -0.493 e. The average molecular weight is 221 g/mol. The van der Waals surface area contributed by atoms with Gasteiger partial charge in [-0.2, -0.15) is 0 Å². The van der Waals surface area contributed by atoms with E-state index in [-0.39, 0.29) is 6.04 Å². The molecule has 2 N–H and O–H groups in total. The largest absolute Gasteiger partial charge is 0.493 e. The van der Waals surface area contributed by atoms with Gasteiger partial charge in [-0.1, -0.05) is 26.0 Å². The summed E-state index contributed by atoms with van der Waals surface area (Å²) < 4.78 is 5.67. The van der Waals surface area contributed by atoms with Gasteiger partial charge in [0.15, 0.2) is 0 Å². The van der Waals surface area contributed by atoms with E-state index in [9.17, 15) is 0 Å². The first-order chi connectivity index (χ1) is 7.75. The van der Waals surface area contributed by atoms with E-state index in [2.05, 4.69) is 0 Å². The topological polar surface area (TPSA) is 35.2 Å². The molecule has 0 heterocycles. The van der Waals surface area contributed by atoms with Gasteiger partial charge in [-0.25, -0.2) is 0 Å². The summed E-state index contributed by atoms with van der Waals surface area (Å²) in [6, 6.07) is 8.15. The van der Waals surface area contributed by atoms with Crippen LogP contribution in [0.25, 0.3) is 0 Å². The van der Waals surface area contributed by atoms with Gasteiger partial charge in [0, 0.05) is 6.04 Å². The second-order valence-electron chi connectivity index (χ2n) is 4.12. The molecule has 2 rings (SSSR count). The maximum atomic E-state index is 5.80. The summed E-state index contributed by atoms with van der Waals surface area (Å²) >= 11 is 0. The van der Waals surface area contributed by atoms with Crippen molar-refractivity contribution >= 4 is 0 Å². The van der Waals surface area contributed by atoms with Gasteiger partial charge < -0.3 is 10.5 Å². The number of hydrogen-bond acceptors (Lipinski definition) is 2. The van der Waals surface area contributed by atoms with Gasteiger partial charge in [0.2, 0.25) is 0 Å². The molecule has 1 aromatic rings. The number of hydrogen-bond donors (Lipinski definition) is 1. The Balaban J connectivity index is 0.000000606. The number of ether oxygens (including phenoxy) is 1. The van der Waals surface area contributed by atoms with E-state index in [0.717, 1.165) is 23.8 Å². The molecule has 0 amide bonds. The molecule has 16 heavy (non-hydrogen) atoms. The van der Waals surface area contributed by atoms with E-state index in [1.807, 2.05) is 45.0 Å². The first-order valence-electron chi connectivity index (χ1n) is 6.24. The van der Waals surface area contributed by atoms with Gasteiger partial charge in [0.05, 0.1) is 6.61 Å². The van der Waals surface area contributed by atoms with Crippen LogP contribution in [-0.4, -0.2) is 6.61 Å². The zero-order valence-electron chi connectivity index (χ0n) is 10.6. The summed E-state index contributed by atoms with van der Waals surface area (Å²) in [5, 5.41) is 0. The monoisotopic (exact) mass is 221 g/mol. The van der Waals surface area contributed by atoms with E-state index in [1.165, 1.54) is 12.8 Å². The minimum atomic E-state index is 0.0828. The summed E-state index contributed by atoms with van der Waals surface area (Å²) in [6.45, 7) is 6.85. The van der Waals surface area contributed by atoms with E-state index in [4.69, 9.17) is 10.5 Å². The zero-order valence-corrected chi connectivity index (χ0v) is 10.6. The molecule has 0 bridgehead atoms. The third-order valence-electron chi connectivity index (χ3n) is 2.57. The molecular weight excluding hydrogens is 198 g/mol. The van der Waals surface area contributed by atoms with Crippen molar-refractivity contribution in [3.05, 3.63) is 29.8 Å². The SMILES string of the molecule is CC.CC(N)c1cccc(OCC2CC2)c1. The fourth-order valence-corrected chi connectivity index (χ4v) is 1.39. The molecule has 1 atom stereocenters. The molecule has 1 aliphatic carbocycles. The van der Waals surface area contributed by atoms with Crippen molar-refractivity contribution in [2.24, 2.45) is 11.7 Å². The second-order valence-corrected chi connectivity index (χ2v) is 4.12. The molecule has 1 unspecified atom stereocenters. The average Bonchev–Trinajstić information content (AvgIpc) is 3.13. The molecule has 1 saturated carbocycles. The first kappa shape index (κ1) is 13.0. The van der Waals surface area contributed by atoms with E-state index < -0.39 is 0 Å².